The Bertz CT molecular complexity index is 448. The summed E-state index contributed by atoms with van der Waals surface area (Å²) in [7, 11) is -3.07. The molecule has 5 nitrogen and oxygen atoms in total. The predicted molar refractivity (Wildman–Crippen MR) is 75.3 cm³/mol. The van der Waals surface area contributed by atoms with E-state index in [9.17, 15) is 9.36 Å². The highest BCUT2D eigenvalue weighted by Crippen LogP contribution is 2.51. The molecule has 1 rings (SSSR count). The Balaban J connectivity index is 2.75. The average Bonchev–Trinajstić information content (AvgIpc) is 2.31. The maximum Gasteiger partial charge on any atom is 0.335 e. The van der Waals surface area contributed by atoms with E-state index in [1.807, 2.05) is 0 Å². The fraction of sp³-hybridized carbons (Fsp3) is 0.462. The number of anilines is 1. The van der Waals surface area contributed by atoms with Gasteiger partial charge in [0.15, 0.2) is 0 Å². The molecule has 0 aromatic heterocycles. The summed E-state index contributed by atoms with van der Waals surface area (Å²) in [5.74, 6) is -0.123. The first-order valence-electron chi connectivity index (χ1n) is 6.23. The third-order valence-electron chi connectivity index (χ3n) is 2.30. The molecule has 106 valence electrons. The molecule has 1 aromatic rings. The van der Waals surface area contributed by atoms with Gasteiger partial charge in [-0.3, -0.25) is 9.36 Å². The summed E-state index contributed by atoms with van der Waals surface area (Å²) in [4.78, 5) is 10.9. The van der Waals surface area contributed by atoms with Crippen molar-refractivity contribution >= 4 is 19.2 Å². The van der Waals surface area contributed by atoms with Gasteiger partial charge in [-0.05, 0) is 31.5 Å². The second-order valence-electron chi connectivity index (χ2n) is 3.98. The molecule has 0 fully saturated rings. The van der Waals surface area contributed by atoms with Crippen LogP contribution in [0.5, 0.6) is 0 Å². The van der Waals surface area contributed by atoms with E-state index in [1.54, 1.807) is 38.1 Å². The highest BCUT2D eigenvalue weighted by Gasteiger charge is 2.23. The topological polar surface area (TPSA) is 64.6 Å². The van der Waals surface area contributed by atoms with Crippen molar-refractivity contribution in [3.63, 3.8) is 0 Å². The Hall–Kier alpha value is -1.16. The summed E-state index contributed by atoms with van der Waals surface area (Å²) in [6, 6.07) is 7.13. The fourth-order valence-corrected chi connectivity index (χ4v) is 3.34. The molecule has 0 aliphatic carbocycles. The van der Waals surface area contributed by atoms with Crippen molar-refractivity contribution in [2.45, 2.75) is 26.9 Å². The van der Waals surface area contributed by atoms with Gasteiger partial charge in [0, 0.05) is 12.6 Å². The van der Waals surface area contributed by atoms with Crippen molar-refractivity contribution in [3.05, 3.63) is 29.8 Å². The fourth-order valence-electron chi connectivity index (χ4n) is 1.64. The highest BCUT2D eigenvalue weighted by atomic mass is 31.2. The van der Waals surface area contributed by atoms with E-state index in [4.69, 9.17) is 9.05 Å². The lowest BCUT2D eigenvalue weighted by molar-refractivity contribution is -0.114. The number of amides is 1. The number of rotatable bonds is 7. The van der Waals surface area contributed by atoms with E-state index < -0.39 is 7.60 Å². The molecule has 0 saturated heterocycles. The van der Waals surface area contributed by atoms with E-state index in [2.05, 4.69) is 5.32 Å². The standard InChI is InChI=1S/C13H20NO4P/c1-4-17-19(16,18-5-2)10-12-6-8-13(9-7-12)14-11(3)15/h6-9H,4-5,10H2,1-3H3,(H,14,15). The van der Waals surface area contributed by atoms with Crippen molar-refractivity contribution in [1.29, 1.82) is 0 Å². The van der Waals surface area contributed by atoms with Crippen LogP contribution in [0.1, 0.15) is 26.3 Å². The molecule has 1 N–H and O–H groups in total. The Morgan fingerprint density at radius 1 is 1.16 bits per heavy atom. The van der Waals surface area contributed by atoms with Crippen molar-refractivity contribution in [2.75, 3.05) is 18.5 Å². The SMILES string of the molecule is CCOP(=O)(Cc1ccc(NC(C)=O)cc1)OCC. The Kier molecular flexibility index (Phi) is 6.22. The molecule has 0 bridgehead atoms. The molecule has 0 radical (unpaired) electrons. The van der Waals surface area contributed by atoms with Crippen molar-refractivity contribution in [2.24, 2.45) is 0 Å². The van der Waals surface area contributed by atoms with Crippen LogP contribution >= 0.6 is 7.60 Å². The molecule has 0 aliphatic rings. The van der Waals surface area contributed by atoms with Gasteiger partial charge in [0.2, 0.25) is 5.91 Å². The molecule has 0 aliphatic heterocycles. The van der Waals surface area contributed by atoms with Gasteiger partial charge in [0.1, 0.15) is 0 Å². The monoisotopic (exact) mass is 285 g/mol. The van der Waals surface area contributed by atoms with Crippen molar-refractivity contribution < 1.29 is 18.4 Å². The minimum absolute atomic E-state index is 0.123. The maximum absolute atomic E-state index is 12.3. The van der Waals surface area contributed by atoms with Crippen LogP contribution in [0.3, 0.4) is 0 Å². The normalized spacial score (nSPS) is 11.3. The number of carbonyl (C=O) groups excluding carboxylic acids is 1. The smallest absolute Gasteiger partial charge is 0.326 e. The van der Waals surface area contributed by atoms with Crippen LogP contribution in [0.2, 0.25) is 0 Å². The summed E-state index contributed by atoms with van der Waals surface area (Å²) < 4.78 is 22.8. The molecular weight excluding hydrogens is 265 g/mol. The van der Waals surface area contributed by atoms with Crippen LogP contribution in [0.25, 0.3) is 0 Å². The molecule has 19 heavy (non-hydrogen) atoms. The third kappa shape index (κ3) is 5.55. The largest absolute Gasteiger partial charge is 0.335 e. The first-order valence-corrected chi connectivity index (χ1v) is 7.96. The zero-order valence-corrected chi connectivity index (χ0v) is 12.4. The van der Waals surface area contributed by atoms with E-state index >= 15 is 0 Å². The van der Waals surface area contributed by atoms with E-state index in [-0.39, 0.29) is 12.1 Å². The lowest BCUT2D eigenvalue weighted by Crippen LogP contribution is -2.05. The molecular formula is C13H20NO4P. The van der Waals surface area contributed by atoms with E-state index in [0.717, 1.165) is 5.56 Å². The minimum atomic E-state index is -3.07. The van der Waals surface area contributed by atoms with Gasteiger partial charge in [-0.1, -0.05) is 12.1 Å². The minimum Gasteiger partial charge on any atom is -0.326 e. The van der Waals surface area contributed by atoms with Gasteiger partial charge in [-0.2, -0.15) is 0 Å². The van der Waals surface area contributed by atoms with Gasteiger partial charge in [-0.25, -0.2) is 0 Å². The summed E-state index contributed by atoms with van der Waals surface area (Å²) in [5, 5.41) is 2.67. The molecule has 0 spiro atoms. The van der Waals surface area contributed by atoms with Crippen LogP contribution in [0.4, 0.5) is 5.69 Å². The van der Waals surface area contributed by atoms with Crippen LogP contribution in [0.15, 0.2) is 24.3 Å². The van der Waals surface area contributed by atoms with Crippen LogP contribution < -0.4 is 5.32 Å². The summed E-state index contributed by atoms with van der Waals surface area (Å²) in [5.41, 5.74) is 1.55. The zero-order valence-electron chi connectivity index (χ0n) is 11.5. The number of carbonyl (C=O) groups is 1. The Morgan fingerprint density at radius 3 is 2.11 bits per heavy atom. The molecule has 0 atom stereocenters. The number of hydrogen-bond acceptors (Lipinski definition) is 4. The van der Waals surface area contributed by atoms with Gasteiger partial charge in [0.25, 0.3) is 0 Å². The maximum atomic E-state index is 12.3. The number of benzene rings is 1. The van der Waals surface area contributed by atoms with Gasteiger partial charge in [0.05, 0.1) is 19.4 Å². The first-order chi connectivity index (χ1) is 8.99. The average molecular weight is 285 g/mol. The van der Waals surface area contributed by atoms with E-state index in [1.165, 1.54) is 6.92 Å². The third-order valence-corrected chi connectivity index (χ3v) is 4.36. The predicted octanol–water partition coefficient (Wildman–Crippen LogP) is 3.41. The van der Waals surface area contributed by atoms with Crippen LogP contribution in [0, 0.1) is 0 Å². The number of nitrogens with one attached hydrogen (secondary N) is 1. The molecule has 1 aromatic carbocycles. The lowest BCUT2D eigenvalue weighted by Gasteiger charge is -2.17. The molecule has 6 heteroatoms. The van der Waals surface area contributed by atoms with Crippen molar-refractivity contribution in [3.8, 4) is 0 Å². The van der Waals surface area contributed by atoms with E-state index in [0.29, 0.717) is 18.9 Å². The van der Waals surface area contributed by atoms with Gasteiger partial charge in [-0.15, -0.1) is 0 Å². The molecule has 0 unspecified atom stereocenters. The van der Waals surface area contributed by atoms with Crippen LogP contribution in [-0.2, 0) is 24.6 Å². The summed E-state index contributed by atoms with van der Waals surface area (Å²) in [6.45, 7) is 5.71. The lowest BCUT2D eigenvalue weighted by atomic mass is 10.2. The summed E-state index contributed by atoms with van der Waals surface area (Å²) >= 11 is 0. The molecule has 0 saturated carbocycles. The second kappa shape index (κ2) is 7.43. The Labute approximate surface area is 113 Å². The van der Waals surface area contributed by atoms with Crippen molar-refractivity contribution in [1.82, 2.24) is 0 Å². The molecule has 0 heterocycles. The second-order valence-corrected chi connectivity index (χ2v) is 6.04. The molecule has 1 amide bonds. The van der Waals surface area contributed by atoms with Crippen LogP contribution in [-0.4, -0.2) is 19.1 Å². The first kappa shape index (κ1) is 15.9. The highest BCUT2D eigenvalue weighted by molar-refractivity contribution is 7.53. The quantitative estimate of drug-likeness (QED) is 0.780. The Morgan fingerprint density at radius 2 is 1.68 bits per heavy atom. The number of hydrogen-bond donors (Lipinski definition) is 1. The summed E-state index contributed by atoms with van der Waals surface area (Å²) in [6.07, 6.45) is 0.231. The van der Waals surface area contributed by atoms with Gasteiger partial charge < -0.3 is 14.4 Å². The van der Waals surface area contributed by atoms with Gasteiger partial charge >= 0.3 is 7.60 Å². The zero-order chi connectivity index (χ0) is 14.3.